The van der Waals surface area contributed by atoms with E-state index in [1.165, 1.54) is 49.7 Å². The monoisotopic (exact) mass is 777 g/mol. The van der Waals surface area contributed by atoms with E-state index in [-0.39, 0.29) is 72.0 Å². The second-order valence-corrected chi connectivity index (χ2v) is 14.1. The largest absolute Gasteiger partial charge is 0.573 e. The van der Waals surface area contributed by atoms with Crippen LogP contribution in [0, 0.1) is 11.6 Å². The Morgan fingerprint density at radius 3 is 2.20 bits per heavy atom. The first-order valence-electron chi connectivity index (χ1n) is 18.0. The molecule has 3 aromatic carbocycles. The molecule has 1 aliphatic rings. The molecule has 56 heavy (non-hydrogen) atoms. The van der Waals surface area contributed by atoms with Crippen LogP contribution in [0.25, 0.3) is 22.2 Å². The highest BCUT2D eigenvalue weighted by Crippen LogP contribution is 2.29. The maximum atomic E-state index is 14.6. The SMILES string of the molecule is COC(=O)C(C)(C)N1CCC(N(Cc2ccc(-c3ccc(OC(F)(F)F)cc3)cc2)C(=O)Cn2c(CCc3cccc(F)c3F)nc(=O)c3cccnc32)CC1. The average Bonchev–Trinajstić information content (AvgIpc) is 3.18. The fourth-order valence-corrected chi connectivity index (χ4v) is 7.09. The second kappa shape index (κ2) is 16.6. The van der Waals surface area contributed by atoms with Crippen LogP contribution in [-0.4, -0.2) is 74.4 Å². The molecule has 1 saturated heterocycles. The molecular formula is C41H40F5N5O5. The Balaban J connectivity index is 1.29. The van der Waals surface area contributed by atoms with Crippen molar-refractivity contribution in [3.05, 3.63) is 124 Å². The van der Waals surface area contributed by atoms with Gasteiger partial charge in [-0.3, -0.25) is 19.3 Å². The molecule has 0 saturated carbocycles. The number of pyridine rings is 1. The first kappa shape index (κ1) is 40.0. The number of alkyl halides is 3. The summed E-state index contributed by atoms with van der Waals surface area (Å²) >= 11 is 0. The lowest BCUT2D eigenvalue weighted by Crippen LogP contribution is -2.56. The lowest BCUT2D eigenvalue weighted by atomic mass is 9.95. The number of ether oxygens (including phenoxy) is 2. The second-order valence-electron chi connectivity index (χ2n) is 14.1. The standard InChI is InChI=1S/C41H40F5N5O5/c1-40(2,39(54)55-3)49-22-19-30(20-23-49)50(24-26-9-11-27(12-10-26)28-13-16-31(17-14-28)56-41(44,45)46)35(52)25-51-34(18-15-29-6-4-8-33(42)36(29)43)48-38(53)32-7-5-21-47-37(32)51/h4-14,16-17,21,30H,15,18-20,22-25H2,1-3H3. The molecule has 0 atom stereocenters. The van der Waals surface area contributed by atoms with Gasteiger partial charge in [0.25, 0.3) is 5.56 Å². The van der Waals surface area contributed by atoms with Crippen molar-refractivity contribution in [2.45, 2.75) is 70.6 Å². The lowest BCUT2D eigenvalue weighted by molar-refractivity contribution is -0.274. The third-order valence-electron chi connectivity index (χ3n) is 10.2. The number of hydrogen-bond donors (Lipinski definition) is 0. The number of carbonyl (C=O) groups is 2. The van der Waals surface area contributed by atoms with Gasteiger partial charge in [-0.1, -0.05) is 48.5 Å². The lowest BCUT2D eigenvalue weighted by Gasteiger charge is -2.44. The van der Waals surface area contributed by atoms with Gasteiger partial charge in [0.05, 0.1) is 12.5 Å². The zero-order valence-corrected chi connectivity index (χ0v) is 31.0. The highest BCUT2D eigenvalue weighted by Gasteiger charge is 2.39. The van der Waals surface area contributed by atoms with Crippen molar-refractivity contribution in [3.8, 4) is 16.9 Å². The zero-order chi connectivity index (χ0) is 40.2. The maximum Gasteiger partial charge on any atom is 0.573 e. The predicted molar refractivity (Wildman–Crippen MR) is 197 cm³/mol. The van der Waals surface area contributed by atoms with Gasteiger partial charge in [0.15, 0.2) is 11.6 Å². The van der Waals surface area contributed by atoms with Gasteiger partial charge in [-0.15, -0.1) is 13.2 Å². The van der Waals surface area contributed by atoms with Crippen molar-refractivity contribution >= 4 is 22.9 Å². The molecule has 10 nitrogen and oxygen atoms in total. The summed E-state index contributed by atoms with van der Waals surface area (Å²) in [6.45, 7) is 4.50. The van der Waals surface area contributed by atoms with Gasteiger partial charge in [0, 0.05) is 38.3 Å². The van der Waals surface area contributed by atoms with Crippen LogP contribution in [0.1, 0.15) is 43.6 Å². The van der Waals surface area contributed by atoms with Crippen molar-refractivity contribution in [2.24, 2.45) is 0 Å². The minimum Gasteiger partial charge on any atom is -0.468 e. The number of halogens is 5. The third-order valence-corrected chi connectivity index (χ3v) is 10.2. The van der Waals surface area contributed by atoms with Crippen LogP contribution in [-0.2, 0) is 40.3 Å². The highest BCUT2D eigenvalue weighted by atomic mass is 19.4. The normalized spacial score (nSPS) is 14.1. The van der Waals surface area contributed by atoms with Crippen molar-refractivity contribution in [1.29, 1.82) is 0 Å². The van der Waals surface area contributed by atoms with Gasteiger partial charge >= 0.3 is 12.3 Å². The van der Waals surface area contributed by atoms with Gasteiger partial charge in [0.1, 0.15) is 29.3 Å². The van der Waals surface area contributed by atoms with Crippen molar-refractivity contribution in [2.75, 3.05) is 20.2 Å². The number of hydrogen-bond acceptors (Lipinski definition) is 8. The first-order chi connectivity index (χ1) is 26.6. The van der Waals surface area contributed by atoms with Crippen LogP contribution in [0.2, 0.25) is 0 Å². The highest BCUT2D eigenvalue weighted by molar-refractivity contribution is 5.81. The Bertz CT molecular complexity index is 2250. The molecule has 1 aliphatic heterocycles. The molecule has 0 unspecified atom stereocenters. The molecule has 0 aliphatic carbocycles. The van der Waals surface area contributed by atoms with E-state index in [1.807, 2.05) is 29.2 Å². The zero-order valence-electron chi connectivity index (χ0n) is 31.0. The summed E-state index contributed by atoms with van der Waals surface area (Å²) in [6, 6.07) is 19.5. The topological polar surface area (TPSA) is 107 Å². The van der Waals surface area contributed by atoms with Gasteiger partial charge < -0.3 is 18.9 Å². The van der Waals surface area contributed by atoms with Gasteiger partial charge in [-0.2, -0.15) is 4.98 Å². The number of esters is 1. The number of aryl methyl sites for hydroxylation is 2. The number of aromatic nitrogens is 3. The van der Waals surface area contributed by atoms with Crippen molar-refractivity contribution in [3.63, 3.8) is 0 Å². The molecule has 0 N–H and O–H groups in total. The summed E-state index contributed by atoms with van der Waals surface area (Å²) in [6.07, 6.45) is -2.23. The Morgan fingerprint density at radius 1 is 0.893 bits per heavy atom. The molecule has 0 radical (unpaired) electrons. The number of fused-ring (bicyclic) bond motifs is 1. The molecule has 1 amide bonds. The number of rotatable bonds is 12. The molecule has 0 bridgehead atoms. The molecule has 15 heteroatoms. The van der Waals surface area contributed by atoms with Gasteiger partial charge in [-0.05, 0) is 85.7 Å². The van der Waals surface area contributed by atoms with E-state index < -0.39 is 29.1 Å². The van der Waals surface area contributed by atoms with E-state index in [0.29, 0.717) is 31.5 Å². The molecule has 3 heterocycles. The van der Waals surface area contributed by atoms with Crippen LogP contribution in [0.4, 0.5) is 22.0 Å². The summed E-state index contributed by atoms with van der Waals surface area (Å²) in [5, 5.41) is 0.194. The Kier molecular flexibility index (Phi) is 11.8. The summed E-state index contributed by atoms with van der Waals surface area (Å²) in [5.41, 5.74) is 1.04. The molecule has 5 aromatic rings. The van der Waals surface area contributed by atoms with Crippen molar-refractivity contribution < 1.29 is 41.0 Å². The first-order valence-corrected chi connectivity index (χ1v) is 18.0. The van der Waals surface area contributed by atoms with E-state index >= 15 is 0 Å². The Labute approximate surface area is 319 Å². The van der Waals surface area contributed by atoms with Crippen LogP contribution < -0.4 is 10.3 Å². The maximum absolute atomic E-state index is 14.6. The predicted octanol–water partition coefficient (Wildman–Crippen LogP) is 6.87. The third kappa shape index (κ3) is 9.05. The minimum absolute atomic E-state index is 0.00511. The number of carbonyl (C=O) groups excluding carboxylic acids is 2. The summed E-state index contributed by atoms with van der Waals surface area (Å²) in [5.74, 6) is -2.83. The number of likely N-dealkylation sites (tertiary alicyclic amines) is 1. The molecule has 294 valence electrons. The van der Waals surface area contributed by atoms with Crippen molar-refractivity contribution in [1.82, 2.24) is 24.3 Å². The summed E-state index contributed by atoms with van der Waals surface area (Å²) < 4.78 is 77.2. The van der Waals surface area contributed by atoms with Crippen LogP contribution in [0.15, 0.2) is 89.9 Å². The summed E-state index contributed by atoms with van der Waals surface area (Å²) in [7, 11) is 1.34. The van der Waals surface area contributed by atoms with Gasteiger partial charge in [-0.25, -0.2) is 13.8 Å². The van der Waals surface area contributed by atoms with Crippen LogP contribution in [0.5, 0.6) is 5.75 Å². The van der Waals surface area contributed by atoms with E-state index in [1.54, 1.807) is 35.4 Å². The van der Waals surface area contributed by atoms with E-state index in [2.05, 4.69) is 14.7 Å². The van der Waals surface area contributed by atoms with Gasteiger partial charge in [0.2, 0.25) is 5.91 Å². The number of methoxy groups -OCH3 is 1. The summed E-state index contributed by atoms with van der Waals surface area (Å²) in [4.78, 5) is 52.7. The Hall–Kier alpha value is -5.70. The average molecular weight is 778 g/mol. The molecule has 0 spiro atoms. The van der Waals surface area contributed by atoms with Crippen LogP contribution >= 0.6 is 0 Å². The smallest absolute Gasteiger partial charge is 0.468 e. The molecule has 6 rings (SSSR count). The molecular weight excluding hydrogens is 737 g/mol. The van der Waals surface area contributed by atoms with E-state index in [4.69, 9.17) is 4.74 Å². The minimum atomic E-state index is -4.80. The quantitative estimate of drug-likeness (QED) is 0.1000. The number of piperidine rings is 1. The number of amides is 1. The molecule has 2 aromatic heterocycles. The Morgan fingerprint density at radius 2 is 1.55 bits per heavy atom. The fraction of sp³-hybridized carbons (Fsp3) is 0.341. The fourth-order valence-electron chi connectivity index (χ4n) is 7.09. The number of nitrogens with zero attached hydrogens (tertiary/aromatic N) is 5. The van der Waals surface area contributed by atoms with Crippen LogP contribution in [0.3, 0.4) is 0 Å². The van der Waals surface area contributed by atoms with E-state index in [0.717, 1.165) is 17.2 Å². The van der Waals surface area contributed by atoms with E-state index in [9.17, 15) is 36.3 Å². The molecule has 1 fully saturated rings. The number of benzene rings is 3.